The number of nitrogens with zero attached hydrogens (tertiary/aromatic N) is 2. The van der Waals surface area contributed by atoms with E-state index in [2.05, 4.69) is 15.5 Å². The Kier molecular flexibility index (Phi) is 6.92. The Morgan fingerprint density at radius 3 is 2.70 bits per heavy atom. The third-order valence-electron chi connectivity index (χ3n) is 5.18. The van der Waals surface area contributed by atoms with Crippen molar-refractivity contribution in [3.8, 4) is 11.4 Å². The van der Waals surface area contributed by atoms with Gasteiger partial charge in [0.25, 0.3) is 0 Å². The van der Waals surface area contributed by atoms with E-state index in [-0.39, 0.29) is 17.8 Å². The molecule has 1 fully saturated rings. The van der Waals surface area contributed by atoms with E-state index in [0.29, 0.717) is 49.0 Å². The largest absolute Gasteiger partial charge is 0.352 e. The molecule has 1 unspecified atom stereocenters. The fourth-order valence-electron chi connectivity index (χ4n) is 3.66. The van der Waals surface area contributed by atoms with Crippen molar-refractivity contribution < 1.29 is 13.7 Å². The quantitative estimate of drug-likeness (QED) is 0.740. The van der Waals surface area contributed by atoms with Crippen molar-refractivity contribution in [2.24, 2.45) is 11.7 Å². The highest BCUT2D eigenvalue weighted by molar-refractivity contribution is 5.76. The molecule has 0 saturated heterocycles. The van der Waals surface area contributed by atoms with Gasteiger partial charge in [0.15, 0.2) is 0 Å². The summed E-state index contributed by atoms with van der Waals surface area (Å²) in [5.41, 5.74) is 6.56. The van der Waals surface area contributed by atoms with Crippen LogP contribution in [0.3, 0.4) is 0 Å². The average Bonchev–Trinajstić information content (AvgIpc) is 3.16. The van der Waals surface area contributed by atoms with Gasteiger partial charge in [0.1, 0.15) is 5.82 Å². The van der Waals surface area contributed by atoms with Crippen LogP contribution in [0.25, 0.3) is 11.4 Å². The van der Waals surface area contributed by atoms with Crippen LogP contribution in [0.2, 0.25) is 0 Å². The number of benzene rings is 1. The van der Waals surface area contributed by atoms with Gasteiger partial charge in [-0.1, -0.05) is 24.4 Å². The first-order valence-corrected chi connectivity index (χ1v) is 9.73. The molecule has 1 atom stereocenters. The molecule has 7 heteroatoms. The summed E-state index contributed by atoms with van der Waals surface area (Å²) in [6, 6.07) is 6.00. The molecule has 3 rings (SSSR count). The van der Waals surface area contributed by atoms with E-state index in [1.165, 1.54) is 31.4 Å². The SMILES string of the molecule is NCC(NC(=O)CCCc1nc(-c2ccc(F)cc2)no1)C1CCCCC1. The Bertz CT molecular complexity index is 726. The van der Waals surface area contributed by atoms with Gasteiger partial charge in [-0.25, -0.2) is 4.39 Å². The third kappa shape index (κ3) is 5.60. The number of aryl methyl sites for hydroxylation is 1. The summed E-state index contributed by atoms with van der Waals surface area (Å²) in [5.74, 6) is 1.12. The van der Waals surface area contributed by atoms with Gasteiger partial charge in [-0.15, -0.1) is 0 Å². The van der Waals surface area contributed by atoms with Gasteiger partial charge in [0.05, 0.1) is 0 Å². The van der Waals surface area contributed by atoms with Crippen molar-refractivity contribution >= 4 is 5.91 Å². The van der Waals surface area contributed by atoms with Gasteiger partial charge in [-0.05, 0) is 49.4 Å². The van der Waals surface area contributed by atoms with Crippen LogP contribution in [-0.2, 0) is 11.2 Å². The minimum Gasteiger partial charge on any atom is -0.352 e. The van der Waals surface area contributed by atoms with Gasteiger partial charge in [-0.3, -0.25) is 4.79 Å². The zero-order chi connectivity index (χ0) is 19.1. The Morgan fingerprint density at radius 2 is 2.00 bits per heavy atom. The molecule has 1 aromatic carbocycles. The second kappa shape index (κ2) is 9.60. The lowest BCUT2D eigenvalue weighted by Crippen LogP contribution is -2.45. The predicted octanol–water partition coefficient (Wildman–Crippen LogP) is 3.22. The monoisotopic (exact) mass is 374 g/mol. The summed E-state index contributed by atoms with van der Waals surface area (Å²) >= 11 is 0. The highest BCUT2D eigenvalue weighted by atomic mass is 19.1. The number of hydrogen-bond donors (Lipinski definition) is 2. The van der Waals surface area contributed by atoms with Crippen LogP contribution in [0, 0.1) is 11.7 Å². The Morgan fingerprint density at radius 1 is 1.26 bits per heavy atom. The molecule has 27 heavy (non-hydrogen) atoms. The number of aromatic nitrogens is 2. The van der Waals surface area contributed by atoms with Gasteiger partial charge in [-0.2, -0.15) is 4.98 Å². The number of nitrogens with one attached hydrogen (secondary N) is 1. The zero-order valence-electron chi connectivity index (χ0n) is 15.5. The summed E-state index contributed by atoms with van der Waals surface area (Å²) in [7, 11) is 0. The number of hydrogen-bond acceptors (Lipinski definition) is 5. The molecule has 1 saturated carbocycles. The molecule has 1 aromatic heterocycles. The number of carbonyl (C=O) groups is 1. The maximum atomic E-state index is 13.0. The second-order valence-corrected chi connectivity index (χ2v) is 7.18. The van der Waals surface area contributed by atoms with E-state index in [1.807, 2.05) is 0 Å². The van der Waals surface area contributed by atoms with E-state index >= 15 is 0 Å². The molecule has 0 aliphatic heterocycles. The summed E-state index contributed by atoms with van der Waals surface area (Å²) in [6.45, 7) is 0.487. The number of halogens is 1. The molecule has 1 amide bonds. The number of rotatable bonds is 8. The van der Waals surface area contributed by atoms with Gasteiger partial charge >= 0.3 is 0 Å². The Labute approximate surface area is 158 Å². The molecule has 0 spiro atoms. The summed E-state index contributed by atoms with van der Waals surface area (Å²) < 4.78 is 18.2. The van der Waals surface area contributed by atoms with Gasteiger partial charge in [0.2, 0.25) is 17.6 Å². The first kappa shape index (κ1) is 19.5. The summed E-state index contributed by atoms with van der Waals surface area (Å²) in [6.07, 6.45) is 7.59. The van der Waals surface area contributed by atoms with E-state index in [4.69, 9.17) is 10.3 Å². The molecule has 6 nitrogen and oxygen atoms in total. The highest BCUT2D eigenvalue weighted by Crippen LogP contribution is 2.26. The van der Waals surface area contributed by atoms with Crippen molar-refractivity contribution in [3.05, 3.63) is 36.0 Å². The van der Waals surface area contributed by atoms with Crippen molar-refractivity contribution in [2.75, 3.05) is 6.54 Å². The van der Waals surface area contributed by atoms with Crippen LogP contribution in [0.1, 0.15) is 50.8 Å². The van der Waals surface area contributed by atoms with Crippen LogP contribution in [0.4, 0.5) is 4.39 Å². The fraction of sp³-hybridized carbons (Fsp3) is 0.550. The second-order valence-electron chi connectivity index (χ2n) is 7.18. The average molecular weight is 374 g/mol. The van der Waals surface area contributed by atoms with E-state index < -0.39 is 0 Å². The van der Waals surface area contributed by atoms with Crippen molar-refractivity contribution in [3.63, 3.8) is 0 Å². The molecule has 0 radical (unpaired) electrons. The first-order chi connectivity index (χ1) is 13.2. The van der Waals surface area contributed by atoms with Crippen molar-refractivity contribution in [1.82, 2.24) is 15.5 Å². The Hall–Kier alpha value is -2.28. The molecule has 1 aliphatic rings. The van der Waals surface area contributed by atoms with Gasteiger partial charge < -0.3 is 15.6 Å². The first-order valence-electron chi connectivity index (χ1n) is 9.73. The number of amides is 1. The molecular formula is C20H27FN4O2. The molecule has 0 bridgehead atoms. The van der Waals surface area contributed by atoms with E-state index in [0.717, 1.165) is 12.8 Å². The summed E-state index contributed by atoms with van der Waals surface area (Å²) in [5, 5.41) is 7.00. The van der Waals surface area contributed by atoms with Crippen LogP contribution in [0.5, 0.6) is 0 Å². The van der Waals surface area contributed by atoms with Crippen LogP contribution in [-0.4, -0.2) is 28.6 Å². The number of carbonyl (C=O) groups excluding carboxylic acids is 1. The molecule has 146 valence electrons. The van der Waals surface area contributed by atoms with Crippen LogP contribution < -0.4 is 11.1 Å². The van der Waals surface area contributed by atoms with Crippen molar-refractivity contribution in [1.29, 1.82) is 0 Å². The van der Waals surface area contributed by atoms with E-state index in [9.17, 15) is 9.18 Å². The van der Waals surface area contributed by atoms with Crippen molar-refractivity contribution in [2.45, 2.75) is 57.4 Å². The predicted molar refractivity (Wildman–Crippen MR) is 100 cm³/mol. The topological polar surface area (TPSA) is 94.0 Å². The maximum absolute atomic E-state index is 13.0. The molecule has 2 aromatic rings. The van der Waals surface area contributed by atoms with Crippen LogP contribution in [0.15, 0.2) is 28.8 Å². The van der Waals surface area contributed by atoms with Crippen LogP contribution >= 0.6 is 0 Å². The smallest absolute Gasteiger partial charge is 0.226 e. The molecule has 1 aliphatic carbocycles. The normalized spacial score (nSPS) is 16.2. The third-order valence-corrected chi connectivity index (χ3v) is 5.18. The number of nitrogens with two attached hydrogens (primary N) is 1. The van der Waals surface area contributed by atoms with Gasteiger partial charge in [0, 0.05) is 31.0 Å². The molecule has 3 N–H and O–H groups in total. The molecule has 1 heterocycles. The lowest BCUT2D eigenvalue weighted by molar-refractivity contribution is -0.122. The summed E-state index contributed by atoms with van der Waals surface area (Å²) in [4.78, 5) is 16.5. The minimum absolute atomic E-state index is 0.0225. The highest BCUT2D eigenvalue weighted by Gasteiger charge is 2.23. The zero-order valence-corrected chi connectivity index (χ0v) is 15.5. The minimum atomic E-state index is -0.308. The standard InChI is InChI=1S/C20H27FN4O2/c21-16-11-9-15(10-12-16)20-24-19(27-25-20)8-4-7-18(26)23-17(13-22)14-5-2-1-3-6-14/h9-12,14,17H,1-8,13,22H2,(H,23,26). The Balaban J connectivity index is 1.44. The van der Waals surface area contributed by atoms with E-state index in [1.54, 1.807) is 12.1 Å². The fourth-order valence-corrected chi connectivity index (χ4v) is 3.66. The molecular weight excluding hydrogens is 347 g/mol. The lowest BCUT2D eigenvalue weighted by atomic mass is 9.84. The lowest BCUT2D eigenvalue weighted by Gasteiger charge is -2.30. The maximum Gasteiger partial charge on any atom is 0.226 e.